The lowest BCUT2D eigenvalue weighted by molar-refractivity contribution is -0.297. The summed E-state index contributed by atoms with van der Waals surface area (Å²) in [4.78, 5) is 13.3. The zero-order chi connectivity index (χ0) is 12.3. The highest BCUT2D eigenvalue weighted by Gasteiger charge is 2.32. The summed E-state index contributed by atoms with van der Waals surface area (Å²) in [5.41, 5.74) is 3.87. The van der Waals surface area contributed by atoms with Crippen LogP contribution in [0.25, 0.3) is 6.08 Å². The van der Waals surface area contributed by atoms with Gasteiger partial charge in [-0.15, -0.1) is 0 Å². The Morgan fingerprint density at radius 2 is 2.06 bits per heavy atom. The van der Waals surface area contributed by atoms with Crippen molar-refractivity contribution < 1.29 is 23.1 Å². The lowest BCUT2D eigenvalue weighted by Crippen LogP contribution is -2.18. The summed E-state index contributed by atoms with van der Waals surface area (Å²) in [6.07, 6.45) is -3.20. The molecule has 86 valence electrons. The highest BCUT2D eigenvalue weighted by atomic mass is 19.4. The third-order valence-corrected chi connectivity index (χ3v) is 1.63. The van der Waals surface area contributed by atoms with Crippen LogP contribution < -0.4 is 10.8 Å². The van der Waals surface area contributed by atoms with Crippen LogP contribution in [-0.4, -0.2) is 11.0 Å². The largest absolute Gasteiger partial charge is 0.545 e. The average molecular weight is 231 g/mol. The number of carbonyl (C=O) groups excluding carboxylic acids is 1. The first-order valence-corrected chi connectivity index (χ1v) is 4.03. The van der Waals surface area contributed by atoms with E-state index < -0.39 is 17.8 Å². The van der Waals surface area contributed by atoms with E-state index >= 15 is 0 Å². The quantitative estimate of drug-likeness (QED) is 0.749. The minimum absolute atomic E-state index is 0.0505. The van der Waals surface area contributed by atoms with Gasteiger partial charge in [-0.3, -0.25) is 0 Å². The Kier molecular flexibility index (Phi) is 3.17. The number of carboxylic acids is 1. The third kappa shape index (κ3) is 2.97. The lowest BCUT2D eigenvalue weighted by Gasteiger charge is -2.07. The number of aliphatic carboxylic acids is 1. The second kappa shape index (κ2) is 4.21. The van der Waals surface area contributed by atoms with Crippen LogP contribution in [0.3, 0.4) is 0 Å². The second-order valence-electron chi connectivity index (χ2n) is 2.82. The van der Waals surface area contributed by atoms with Gasteiger partial charge in [0.05, 0.1) is 17.4 Å². The molecule has 7 heteroatoms. The molecule has 2 N–H and O–H groups in total. The predicted octanol–water partition coefficient (Wildman–Crippen LogP) is 0.446. The zero-order valence-electron chi connectivity index (χ0n) is 7.78. The van der Waals surface area contributed by atoms with Crippen LogP contribution in [-0.2, 0) is 11.0 Å². The van der Waals surface area contributed by atoms with Gasteiger partial charge < -0.3 is 15.6 Å². The van der Waals surface area contributed by atoms with Crippen molar-refractivity contribution in [1.82, 2.24) is 4.98 Å². The molecule has 1 aromatic rings. The molecule has 0 radical (unpaired) electrons. The summed E-state index contributed by atoms with van der Waals surface area (Å²) >= 11 is 0. The van der Waals surface area contributed by atoms with E-state index in [4.69, 9.17) is 5.73 Å². The molecule has 0 spiro atoms. The Labute approximate surface area is 88.2 Å². The molecule has 0 atom stereocenters. The van der Waals surface area contributed by atoms with E-state index in [1.807, 2.05) is 0 Å². The maximum absolute atomic E-state index is 12.2. The maximum Gasteiger partial charge on any atom is 0.433 e. The van der Waals surface area contributed by atoms with Crippen LogP contribution in [0.1, 0.15) is 11.4 Å². The molecule has 0 aromatic carbocycles. The Hall–Kier alpha value is -2.05. The lowest BCUT2D eigenvalue weighted by atomic mass is 10.2. The van der Waals surface area contributed by atoms with E-state index in [2.05, 4.69) is 4.98 Å². The van der Waals surface area contributed by atoms with Crippen LogP contribution in [0, 0.1) is 0 Å². The fraction of sp³-hybridized carbons (Fsp3) is 0.111. The Morgan fingerprint density at radius 3 is 2.56 bits per heavy atom. The number of halogens is 3. The number of rotatable bonds is 2. The summed E-state index contributed by atoms with van der Waals surface area (Å²) in [7, 11) is 0. The first kappa shape index (κ1) is 12.0. The molecule has 16 heavy (non-hydrogen) atoms. The summed E-state index contributed by atoms with van der Waals surface area (Å²) in [5, 5.41) is 10.1. The first-order chi connectivity index (χ1) is 7.30. The number of nitrogen functional groups attached to an aromatic ring is 1. The summed E-state index contributed by atoms with van der Waals surface area (Å²) in [5.74, 6) is -1.54. The molecule has 1 aromatic heterocycles. The Balaban J connectivity index is 3.14. The molecular weight excluding hydrogens is 225 g/mol. The van der Waals surface area contributed by atoms with Gasteiger partial charge in [0.15, 0.2) is 0 Å². The third-order valence-electron chi connectivity index (χ3n) is 1.63. The second-order valence-corrected chi connectivity index (χ2v) is 2.82. The summed E-state index contributed by atoms with van der Waals surface area (Å²) in [6, 6.07) is 1.72. The van der Waals surface area contributed by atoms with Crippen LogP contribution in [0.4, 0.5) is 18.9 Å². The molecule has 0 unspecified atom stereocenters. The Morgan fingerprint density at radius 1 is 1.44 bits per heavy atom. The van der Waals surface area contributed by atoms with Crippen LogP contribution in [0.15, 0.2) is 18.2 Å². The highest BCUT2D eigenvalue weighted by molar-refractivity contribution is 5.84. The minimum Gasteiger partial charge on any atom is -0.545 e. The molecule has 0 saturated carbocycles. The number of alkyl halides is 3. The van der Waals surface area contributed by atoms with Crippen LogP contribution >= 0.6 is 0 Å². The molecule has 0 saturated heterocycles. The molecule has 0 amide bonds. The molecule has 1 heterocycles. The van der Waals surface area contributed by atoms with Gasteiger partial charge in [-0.05, 0) is 24.3 Å². The van der Waals surface area contributed by atoms with Gasteiger partial charge in [0.1, 0.15) is 5.69 Å². The summed E-state index contributed by atoms with van der Waals surface area (Å²) < 4.78 is 36.7. The van der Waals surface area contributed by atoms with E-state index in [0.717, 1.165) is 12.1 Å². The van der Waals surface area contributed by atoms with Gasteiger partial charge >= 0.3 is 6.18 Å². The number of carboxylic acid groups (broad SMARTS) is 1. The van der Waals surface area contributed by atoms with Crippen molar-refractivity contribution in [2.45, 2.75) is 6.18 Å². The molecule has 0 aliphatic heterocycles. The van der Waals surface area contributed by atoms with Crippen LogP contribution in [0.2, 0.25) is 0 Å². The number of nitrogens with zero attached hydrogens (tertiary/aromatic N) is 1. The zero-order valence-corrected chi connectivity index (χ0v) is 7.78. The van der Waals surface area contributed by atoms with E-state index in [-0.39, 0.29) is 11.4 Å². The van der Waals surface area contributed by atoms with Gasteiger partial charge in [-0.25, -0.2) is 4.98 Å². The normalized spacial score (nSPS) is 11.9. The van der Waals surface area contributed by atoms with Crippen molar-refractivity contribution in [3.05, 3.63) is 29.6 Å². The number of aromatic nitrogens is 1. The van der Waals surface area contributed by atoms with Crippen molar-refractivity contribution in [3.8, 4) is 0 Å². The van der Waals surface area contributed by atoms with Gasteiger partial charge in [0, 0.05) is 0 Å². The molecule has 4 nitrogen and oxygen atoms in total. The monoisotopic (exact) mass is 231 g/mol. The average Bonchev–Trinajstić information content (AvgIpc) is 2.14. The van der Waals surface area contributed by atoms with Crippen molar-refractivity contribution >= 4 is 17.7 Å². The molecular formula is C9H6F3N2O2-. The van der Waals surface area contributed by atoms with Gasteiger partial charge in [-0.1, -0.05) is 0 Å². The fourth-order valence-electron chi connectivity index (χ4n) is 0.924. The smallest absolute Gasteiger partial charge is 0.433 e. The maximum atomic E-state index is 12.2. The summed E-state index contributed by atoms with van der Waals surface area (Å²) in [6.45, 7) is 0. The molecule has 0 fully saturated rings. The minimum atomic E-state index is -4.60. The standard InChI is InChI=1S/C9H7F3N2O2/c10-9(11,12)7-3-1-5(13)6(14-7)2-4-8(15)16/h1-4H,13H2,(H,15,16)/p-1/b4-2+. The Bertz CT molecular complexity index is 441. The van der Waals surface area contributed by atoms with Crippen LogP contribution in [0.5, 0.6) is 0 Å². The number of hydrogen-bond acceptors (Lipinski definition) is 4. The number of anilines is 1. The van der Waals surface area contributed by atoms with E-state index in [1.54, 1.807) is 0 Å². The van der Waals surface area contributed by atoms with E-state index in [1.165, 1.54) is 0 Å². The molecule has 0 bridgehead atoms. The number of pyridine rings is 1. The van der Waals surface area contributed by atoms with Gasteiger partial charge in [-0.2, -0.15) is 13.2 Å². The first-order valence-electron chi connectivity index (χ1n) is 4.03. The topological polar surface area (TPSA) is 79.0 Å². The van der Waals surface area contributed by atoms with Crippen molar-refractivity contribution in [2.75, 3.05) is 5.73 Å². The van der Waals surface area contributed by atoms with Gasteiger partial charge in [0.25, 0.3) is 0 Å². The molecule has 1 rings (SSSR count). The number of nitrogens with two attached hydrogens (primary N) is 1. The molecule has 0 aliphatic carbocycles. The van der Waals surface area contributed by atoms with Crippen molar-refractivity contribution in [2.24, 2.45) is 0 Å². The van der Waals surface area contributed by atoms with Crippen molar-refractivity contribution in [3.63, 3.8) is 0 Å². The SMILES string of the molecule is Nc1ccc(C(F)(F)F)nc1/C=C/C(=O)[O-]. The fourth-order valence-corrected chi connectivity index (χ4v) is 0.924. The molecule has 0 aliphatic rings. The van der Waals surface area contributed by atoms with Gasteiger partial charge in [0.2, 0.25) is 0 Å². The highest BCUT2D eigenvalue weighted by Crippen LogP contribution is 2.28. The van der Waals surface area contributed by atoms with E-state index in [9.17, 15) is 23.1 Å². The number of hydrogen-bond donors (Lipinski definition) is 1. The van der Waals surface area contributed by atoms with Crippen molar-refractivity contribution in [1.29, 1.82) is 0 Å². The van der Waals surface area contributed by atoms with E-state index in [0.29, 0.717) is 12.1 Å². The number of carbonyl (C=O) groups is 1. The predicted molar refractivity (Wildman–Crippen MR) is 47.7 cm³/mol.